The van der Waals surface area contributed by atoms with E-state index >= 15 is 0 Å². The van der Waals surface area contributed by atoms with E-state index in [4.69, 9.17) is 9.47 Å². The Morgan fingerprint density at radius 2 is 2.10 bits per heavy atom. The van der Waals surface area contributed by atoms with Gasteiger partial charge in [-0.25, -0.2) is 4.79 Å². The first-order valence-electron chi connectivity index (χ1n) is 8.21. The molecule has 0 aromatic heterocycles. The van der Waals surface area contributed by atoms with Crippen LogP contribution in [-0.2, 0) is 9.47 Å². The molecular formula is C16H30N2O3. The molecule has 2 heterocycles. The topological polar surface area (TPSA) is 50.8 Å². The highest BCUT2D eigenvalue weighted by Gasteiger charge is 2.30. The summed E-state index contributed by atoms with van der Waals surface area (Å²) < 4.78 is 11.2. The molecule has 2 aliphatic rings. The number of carbonyl (C=O) groups is 1. The molecule has 21 heavy (non-hydrogen) atoms. The van der Waals surface area contributed by atoms with Crippen LogP contribution in [0.15, 0.2) is 0 Å². The Morgan fingerprint density at radius 1 is 1.33 bits per heavy atom. The van der Waals surface area contributed by atoms with Crippen molar-refractivity contribution in [3.63, 3.8) is 0 Å². The Morgan fingerprint density at radius 3 is 2.71 bits per heavy atom. The molecule has 2 fully saturated rings. The second-order valence-electron chi connectivity index (χ2n) is 7.27. The number of hydrogen-bond donors (Lipinski definition) is 1. The van der Waals surface area contributed by atoms with E-state index in [0.717, 1.165) is 45.4 Å². The van der Waals surface area contributed by atoms with Crippen molar-refractivity contribution in [2.24, 2.45) is 0 Å². The van der Waals surface area contributed by atoms with Crippen molar-refractivity contribution >= 4 is 6.09 Å². The van der Waals surface area contributed by atoms with Gasteiger partial charge in [-0.2, -0.15) is 0 Å². The van der Waals surface area contributed by atoms with Crippen molar-refractivity contribution < 1.29 is 14.3 Å². The van der Waals surface area contributed by atoms with Gasteiger partial charge in [0.1, 0.15) is 5.60 Å². The second kappa shape index (κ2) is 6.97. The molecule has 1 amide bonds. The van der Waals surface area contributed by atoms with Crippen LogP contribution in [0.1, 0.15) is 53.4 Å². The number of nitrogens with one attached hydrogen (secondary N) is 1. The van der Waals surface area contributed by atoms with Crippen LogP contribution in [0.2, 0.25) is 0 Å². The van der Waals surface area contributed by atoms with E-state index in [1.54, 1.807) is 0 Å². The second-order valence-corrected chi connectivity index (χ2v) is 7.27. The molecule has 122 valence electrons. The van der Waals surface area contributed by atoms with Crippen LogP contribution in [0.4, 0.5) is 4.79 Å². The van der Waals surface area contributed by atoms with Crippen molar-refractivity contribution in [1.82, 2.24) is 10.2 Å². The first-order valence-corrected chi connectivity index (χ1v) is 8.21. The van der Waals surface area contributed by atoms with Crippen LogP contribution in [0.25, 0.3) is 0 Å². The van der Waals surface area contributed by atoms with Crippen LogP contribution in [0, 0.1) is 0 Å². The average Bonchev–Trinajstić information content (AvgIpc) is 2.91. The molecule has 5 nitrogen and oxygen atoms in total. The smallest absolute Gasteiger partial charge is 0.410 e. The fourth-order valence-corrected chi connectivity index (χ4v) is 3.08. The largest absolute Gasteiger partial charge is 0.444 e. The van der Waals surface area contributed by atoms with E-state index in [9.17, 15) is 4.79 Å². The first-order chi connectivity index (χ1) is 9.85. The Balaban J connectivity index is 1.81. The molecule has 5 heteroatoms. The molecule has 0 aromatic carbocycles. The maximum Gasteiger partial charge on any atom is 0.410 e. The Labute approximate surface area is 128 Å². The number of rotatable bonds is 3. The zero-order chi connectivity index (χ0) is 15.5. The van der Waals surface area contributed by atoms with Crippen LogP contribution in [0.5, 0.6) is 0 Å². The van der Waals surface area contributed by atoms with Gasteiger partial charge in [-0.15, -0.1) is 0 Å². The highest BCUT2D eigenvalue weighted by atomic mass is 16.6. The standard InChI is InChI=1S/C16H30N2O3/c1-12(14-8-6-10-20-14)17-13-7-5-9-18(11-13)15(19)21-16(2,3)4/h12-14,17H,5-11H2,1-4H3. The minimum Gasteiger partial charge on any atom is -0.444 e. The quantitative estimate of drug-likeness (QED) is 0.870. The van der Waals surface area contributed by atoms with E-state index in [0.29, 0.717) is 18.2 Å². The van der Waals surface area contributed by atoms with Gasteiger partial charge in [-0.1, -0.05) is 0 Å². The number of nitrogens with zero attached hydrogens (tertiary/aromatic N) is 1. The number of carbonyl (C=O) groups excluding carboxylic acids is 1. The van der Waals surface area contributed by atoms with Crippen LogP contribution in [0.3, 0.4) is 0 Å². The van der Waals surface area contributed by atoms with Gasteiger partial charge in [-0.3, -0.25) is 0 Å². The molecule has 0 bridgehead atoms. The lowest BCUT2D eigenvalue weighted by atomic mass is 10.0. The highest BCUT2D eigenvalue weighted by Crippen LogP contribution is 2.19. The van der Waals surface area contributed by atoms with Gasteiger partial charge >= 0.3 is 6.09 Å². The summed E-state index contributed by atoms with van der Waals surface area (Å²) in [7, 11) is 0. The van der Waals surface area contributed by atoms with Gasteiger partial charge < -0.3 is 19.7 Å². The van der Waals surface area contributed by atoms with Crippen molar-refractivity contribution in [2.45, 2.75) is 77.2 Å². The summed E-state index contributed by atoms with van der Waals surface area (Å²) in [6.07, 6.45) is 4.55. The molecule has 0 spiro atoms. The molecule has 2 saturated heterocycles. The van der Waals surface area contributed by atoms with Gasteiger partial charge in [0.15, 0.2) is 0 Å². The van der Waals surface area contributed by atoms with Crippen molar-refractivity contribution in [1.29, 1.82) is 0 Å². The molecular weight excluding hydrogens is 268 g/mol. The normalized spacial score (nSPS) is 28.5. The maximum absolute atomic E-state index is 12.2. The number of piperidine rings is 1. The lowest BCUT2D eigenvalue weighted by molar-refractivity contribution is 0.0167. The van der Waals surface area contributed by atoms with Crippen molar-refractivity contribution in [2.75, 3.05) is 19.7 Å². The lowest BCUT2D eigenvalue weighted by Crippen LogP contribution is -2.53. The average molecular weight is 298 g/mol. The van der Waals surface area contributed by atoms with E-state index < -0.39 is 5.60 Å². The zero-order valence-electron chi connectivity index (χ0n) is 13.9. The van der Waals surface area contributed by atoms with Crippen molar-refractivity contribution in [3.8, 4) is 0 Å². The summed E-state index contributed by atoms with van der Waals surface area (Å²) in [5.41, 5.74) is -0.428. The molecule has 2 aliphatic heterocycles. The fraction of sp³-hybridized carbons (Fsp3) is 0.938. The number of amides is 1. The third-order valence-electron chi connectivity index (χ3n) is 4.09. The summed E-state index contributed by atoms with van der Waals surface area (Å²) in [4.78, 5) is 14.0. The van der Waals surface area contributed by atoms with E-state index in [1.807, 2.05) is 25.7 Å². The molecule has 3 atom stereocenters. The van der Waals surface area contributed by atoms with Crippen molar-refractivity contribution in [3.05, 3.63) is 0 Å². The van der Waals surface area contributed by atoms with Crippen LogP contribution < -0.4 is 5.32 Å². The Kier molecular flexibility index (Phi) is 5.49. The fourth-order valence-electron chi connectivity index (χ4n) is 3.08. The number of ether oxygens (including phenoxy) is 2. The predicted octanol–water partition coefficient (Wildman–Crippen LogP) is 2.54. The minimum absolute atomic E-state index is 0.196. The van der Waals surface area contributed by atoms with E-state index in [-0.39, 0.29) is 6.09 Å². The summed E-state index contributed by atoms with van der Waals surface area (Å²) in [6, 6.07) is 0.682. The summed E-state index contributed by atoms with van der Waals surface area (Å²) >= 11 is 0. The monoisotopic (exact) mass is 298 g/mol. The van der Waals surface area contributed by atoms with Crippen LogP contribution >= 0.6 is 0 Å². The van der Waals surface area contributed by atoms with E-state index in [2.05, 4.69) is 12.2 Å². The minimum atomic E-state index is -0.428. The number of likely N-dealkylation sites (tertiary alicyclic amines) is 1. The third-order valence-corrected chi connectivity index (χ3v) is 4.09. The molecule has 0 saturated carbocycles. The summed E-state index contributed by atoms with van der Waals surface area (Å²) in [5, 5.41) is 3.63. The first kappa shape index (κ1) is 16.6. The Bertz CT molecular complexity index is 348. The Hall–Kier alpha value is -0.810. The van der Waals surface area contributed by atoms with Crippen LogP contribution in [-0.4, -0.2) is 54.5 Å². The van der Waals surface area contributed by atoms with Gasteiger partial charge in [0, 0.05) is 31.8 Å². The number of hydrogen-bond acceptors (Lipinski definition) is 4. The maximum atomic E-state index is 12.2. The summed E-state index contributed by atoms with van der Waals surface area (Å²) in [5.74, 6) is 0. The molecule has 2 rings (SSSR count). The van der Waals surface area contributed by atoms with Gasteiger partial charge in [0.25, 0.3) is 0 Å². The molecule has 0 aromatic rings. The lowest BCUT2D eigenvalue weighted by Gasteiger charge is -2.36. The van der Waals surface area contributed by atoms with E-state index in [1.165, 1.54) is 0 Å². The predicted molar refractivity (Wildman–Crippen MR) is 82.4 cm³/mol. The molecule has 0 aliphatic carbocycles. The van der Waals surface area contributed by atoms with Gasteiger partial charge in [0.05, 0.1) is 6.10 Å². The molecule has 1 N–H and O–H groups in total. The highest BCUT2D eigenvalue weighted by molar-refractivity contribution is 5.68. The molecule has 0 radical (unpaired) electrons. The summed E-state index contributed by atoms with van der Waals surface area (Å²) in [6.45, 7) is 10.3. The van der Waals surface area contributed by atoms with Gasteiger partial charge in [-0.05, 0) is 53.4 Å². The third kappa shape index (κ3) is 5.15. The van der Waals surface area contributed by atoms with Gasteiger partial charge in [0.2, 0.25) is 0 Å². The SMILES string of the molecule is CC(NC1CCCN(C(=O)OC(C)(C)C)C1)C1CCCO1. The zero-order valence-corrected chi connectivity index (χ0v) is 13.9. The molecule has 3 unspecified atom stereocenters.